The van der Waals surface area contributed by atoms with Crippen molar-refractivity contribution in [2.45, 2.75) is 25.6 Å². The molecule has 0 aliphatic carbocycles. The molecule has 2 rings (SSSR count). The minimum Gasteiger partial charge on any atom is -0.376 e. The summed E-state index contributed by atoms with van der Waals surface area (Å²) in [5, 5.41) is 0.655. The van der Waals surface area contributed by atoms with E-state index in [0.29, 0.717) is 17.1 Å². The lowest BCUT2D eigenvalue weighted by atomic mass is 10.0. The van der Waals surface area contributed by atoms with Crippen molar-refractivity contribution in [3.05, 3.63) is 64.7 Å². The summed E-state index contributed by atoms with van der Waals surface area (Å²) in [7, 11) is 0. The van der Waals surface area contributed by atoms with Crippen molar-refractivity contribution in [1.82, 2.24) is 0 Å². The van der Waals surface area contributed by atoms with Gasteiger partial charge in [-0.15, -0.1) is 0 Å². The highest BCUT2D eigenvalue weighted by Gasteiger charge is 2.30. The molecule has 128 valence electrons. The summed E-state index contributed by atoms with van der Waals surface area (Å²) in [6.07, 6.45) is -3.73. The highest BCUT2D eigenvalue weighted by atomic mass is 35.5. The van der Waals surface area contributed by atoms with Gasteiger partial charge in [-0.1, -0.05) is 30.7 Å². The molecule has 2 N–H and O–H groups in total. The Labute approximate surface area is 149 Å². The number of anilines is 1. The van der Waals surface area contributed by atoms with Crippen molar-refractivity contribution in [3.8, 4) is 0 Å². The number of halogens is 4. The molecule has 2 nitrogen and oxygen atoms in total. The van der Waals surface area contributed by atoms with Crippen LogP contribution in [-0.4, -0.2) is 5.11 Å². The van der Waals surface area contributed by atoms with Gasteiger partial charge in [0.2, 0.25) is 0 Å². The van der Waals surface area contributed by atoms with E-state index >= 15 is 0 Å². The van der Waals surface area contributed by atoms with Crippen LogP contribution in [0.1, 0.15) is 30.5 Å². The average Bonchev–Trinajstić information content (AvgIpc) is 2.51. The van der Waals surface area contributed by atoms with Gasteiger partial charge in [-0.05, 0) is 60.6 Å². The summed E-state index contributed by atoms with van der Waals surface area (Å²) in [6.45, 7) is 1.95. The maximum atomic E-state index is 12.7. The zero-order chi connectivity index (χ0) is 17.9. The van der Waals surface area contributed by atoms with Gasteiger partial charge in [0.15, 0.2) is 5.11 Å². The lowest BCUT2D eigenvalue weighted by Crippen LogP contribution is -2.38. The van der Waals surface area contributed by atoms with Crippen LogP contribution in [0.5, 0.6) is 0 Å². The SMILES string of the molecule is CCC(c1cccc(Cl)c1)N(C(N)=S)c1ccc(C(F)(F)F)cc1. The Kier molecular flexibility index (Phi) is 5.72. The van der Waals surface area contributed by atoms with Gasteiger partial charge in [0.25, 0.3) is 0 Å². The molecule has 0 amide bonds. The van der Waals surface area contributed by atoms with E-state index < -0.39 is 11.7 Å². The van der Waals surface area contributed by atoms with E-state index in [0.717, 1.165) is 17.7 Å². The Hall–Kier alpha value is -1.79. The molecule has 0 aliphatic heterocycles. The number of benzene rings is 2. The van der Waals surface area contributed by atoms with Crippen LogP contribution in [-0.2, 0) is 6.18 Å². The predicted octanol–water partition coefficient (Wildman–Crippen LogP) is 5.56. The minimum absolute atomic E-state index is 0.0848. The molecule has 1 atom stereocenters. The Morgan fingerprint density at radius 3 is 2.29 bits per heavy atom. The summed E-state index contributed by atoms with van der Waals surface area (Å²) >= 11 is 11.2. The van der Waals surface area contributed by atoms with E-state index in [1.807, 2.05) is 19.1 Å². The second kappa shape index (κ2) is 7.40. The van der Waals surface area contributed by atoms with E-state index in [-0.39, 0.29) is 11.2 Å². The highest BCUT2D eigenvalue weighted by Crippen LogP contribution is 2.34. The second-order valence-corrected chi connectivity index (χ2v) is 6.09. The lowest BCUT2D eigenvalue weighted by molar-refractivity contribution is -0.137. The van der Waals surface area contributed by atoms with Gasteiger partial charge in [-0.3, -0.25) is 0 Å². The molecule has 0 spiro atoms. The van der Waals surface area contributed by atoms with Crippen LogP contribution in [0.15, 0.2) is 48.5 Å². The van der Waals surface area contributed by atoms with Gasteiger partial charge in [0, 0.05) is 10.7 Å². The fraction of sp³-hybridized carbons (Fsp3) is 0.235. The first kappa shape index (κ1) is 18.5. The fourth-order valence-electron chi connectivity index (χ4n) is 2.55. The molecule has 0 bridgehead atoms. The zero-order valence-electron chi connectivity index (χ0n) is 12.8. The number of hydrogen-bond acceptors (Lipinski definition) is 1. The van der Waals surface area contributed by atoms with E-state index in [2.05, 4.69) is 0 Å². The summed E-state index contributed by atoms with van der Waals surface area (Å²) < 4.78 is 38.2. The van der Waals surface area contributed by atoms with Crippen molar-refractivity contribution in [1.29, 1.82) is 0 Å². The average molecular weight is 373 g/mol. The van der Waals surface area contributed by atoms with Crippen LogP contribution in [0.25, 0.3) is 0 Å². The van der Waals surface area contributed by atoms with Crippen molar-refractivity contribution in [2.24, 2.45) is 5.73 Å². The Morgan fingerprint density at radius 2 is 1.83 bits per heavy atom. The summed E-state index contributed by atoms with van der Waals surface area (Å²) in [5.74, 6) is 0. The van der Waals surface area contributed by atoms with Crippen LogP contribution in [0.4, 0.5) is 18.9 Å². The molecule has 7 heteroatoms. The molecule has 1 unspecified atom stereocenters. The number of nitrogens with zero attached hydrogens (tertiary/aromatic N) is 1. The molecular weight excluding hydrogens is 357 g/mol. The molecule has 2 aromatic rings. The van der Waals surface area contributed by atoms with E-state index in [4.69, 9.17) is 29.6 Å². The van der Waals surface area contributed by atoms with Gasteiger partial charge in [-0.2, -0.15) is 13.2 Å². The predicted molar refractivity (Wildman–Crippen MR) is 95.2 cm³/mol. The first-order chi connectivity index (χ1) is 11.2. The van der Waals surface area contributed by atoms with Crippen molar-refractivity contribution >= 4 is 34.6 Å². The van der Waals surface area contributed by atoms with Crippen LogP contribution in [0, 0.1) is 0 Å². The van der Waals surface area contributed by atoms with E-state index in [1.165, 1.54) is 12.1 Å². The first-order valence-electron chi connectivity index (χ1n) is 7.25. The molecule has 0 fully saturated rings. The first-order valence-corrected chi connectivity index (χ1v) is 8.04. The largest absolute Gasteiger partial charge is 0.416 e. The number of rotatable bonds is 4. The molecule has 24 heavy (non-hydrogen) atoms. The summed E-state index contributed by atoms with van der Waals surface area (Å²) in [5.41, 5.74) is 6.52. The maximum absolute atomic E-state index is 12.7. The van der Waals surface area contributed by atoms with Crippen molar-refractivity contribution in [3.63, 3.8) is 0 Å². The smallest absolute Gasteiger partial charge is 0.376 e. The van der Waals surface area contributed by atoms with Crippen LogP contribution < -0.4 is 10.6 Å². The normalized spacial score (nSPS) is 12.7. The standard InChI is InChI=1S/C17H16ClF3N2S/c1-2-15(11-4-3-5-13(18)10-11)23(16(22)24)14-8-6-12(7-9-14)17(19,20)21/h3-10,15H,2H2,1H3,(H2,22,24). The van der Waals surface area contributed by atoms with Gasteiger partial charge >= 0.3 is 6.18 Å². The minimum atomic E-state index is -4.39. The summed E-state index contributed by atoms with van der Waals surface area (Å²) in [4.78, 5) is 1.64. The lowest BCUT2D eigenvalue weighted by Gasteiger charge is -2.32. The second-order valence-electron chi connectivity index (χ2n) is 5.23. The quantitative estimate of drug-likeness (QED) is 0.712. The fourth-order valence-corrected chi connectivity index (χ4v) is 2.98. The monoisotopic (exact) mass is 372 g/mol. The Bertz CT molecular complexity index is 717. The zero-order valence-corrected chi connectivity index (χ0v) is 14.4. The number of thiocarbonyl (C=S) groups is 1. The Morgan fingerprint density at radius 1 is 1.21 bits per heavy atom. The maximum Gasteiger partial charge on any atom is 0.416 e. The molecule has 0 heterocycles. The summed E-state index contributed by atoms with van der Waals surface area (Å²) in [6, 6.07) is 11.8. The molecule has 0 radical (unpaired) electrons. The van der Waals surface area contributed by atoms with Crippen molar-refractivity contribution < 1.29 is 13.2 Å². The molecule has 0 aromatic heterocycles. The van der Waals surface area contributed by atoms with Crippen molar-refractivity contribution in [2.75, 3.05) is 4.90 Å². The topological polar surface area (TPSA) is 29.3 Å². The Balaban J connectivity index is 2.43. The third kappa shape index (κ3) is 4.19. The van der Waals surface area contributed by atoms with E-state index in [1.54, 1.807) is 17.0 Å². The number of nitrogens with two attached hydrogens (primary N) is 1. The molecular formula is C17H16ClF3N2S. The van der Waals surface area contributed by atoms with E-state index in [9.17, 15) is 13.2 Å². The van der Waals surface area contributed by atoms with Gasteiger partial charge in [0.05, 0.1) is 11.6 Å². The van der Waals surface area contributed by atoms with Crippen LogP contribution in [0.2, 0.25) is 5.02 Å². The third-order valence-corrected chi connectivity index (χ3v) is 4.07. The van der Waals surface area contributed by atoms with Gasteiger partial charge in [-0.25, -0.2) is 0 Å². The van der Waals surface area contributed by atoms with Crippen LogP contribution in [0.3, 0.4) is 0 Å². The highest BCUT2D eigenvalue weighted by molar-refractivity contribution is 7.80. The number of alkyl halides is 3. The van der Waals surface area contributed by atoms with Gasteiger partial charge < -0.3 is 10.6 Å². The van der Waals surface area contributed by atoms with Gasteiger partial charge in [0.1, 0.15) is 0 Å². The molecule has 0 saturated carbocycles. The third-order valence-electron chi connectivity index (χ3n) is 3.64. The molecule has 0 aliphatic rings. The van der Waals surface area contributed by atoms with Crippen LogP contribution >= 0.6 is 23.8 Å². The molecule has 2 aromatic carbocycles. The molecule has 0 saturated heterocycles. The number of hydrogen-bond donors (Lipinski definition) is 1.